The second-order valence-corrected chi connectivity index (χ2v) is 7.92. The topological polar surface area (TPSA) is 82.4 Å². The summed E-state index contributed by atoms with van der Waals surface area (Å²) in [6.45, 7) is 1.34. The number of anilines is 1. The summed E-state index contributed by atoms with van der Waals surface area (Å²) in [5.41, 5.74) is 0.867. The third kappa shape index (κ3) is 2.71. The predicted molar refractivity (Wildman–Crippen MR) is 102 cm³/mol. The molecule has 7 nitrogen and oxygen atoms in total. The highest BCUT2D eigenvalue weighted by molar-refractivity contribution is 5.88. The number of piperidine rings is 1. The van der Waals surface area contributed by atoms with E-state index in [4.69, 9.17) is 10.00 Å². The standard InChI is InChI=1S/C21H23N5O2/c22-12-16-13-23-14-18(24-16)25-10-8-21(9-11-25)20(27)26-17(6-7-19(26)28-21)15-4-2-1-3-5-15/h2,4-5,13-14,17,19H,1,3,6-11H2/t17-,19+/m0/s1. The fourth-order valence-corrected chi connectivity index (χ4v) is 4.91. The molecule has 3 saturated heterocycles. The molecule has 0 N–H and O–H groups in total. The molecule has 3 aliphatic heterocycles. The highest BCUT2D eigenvalue weighted by atomic mass is 16.6. The molecular formula is C21H23N5O2. The summed E-state index contributed by atoms with van der Waals surface area (Å²) in [5.74, 6) is 0.839. The average molecular weight is 377 g/mol. The number of aromatic nitrogens is 2. The summed E-state index contributed by atoms with van der Waals surface area (Å²) in [7, 11) is 0. The van der Waals surface area contributed by atoms with E-state index < -0.39 is 5.60 Å². The molecule has 3 fully saturated rings. The fourth-order valence-electron chi connectivity index (χ4n) is 4.91. The molecule has 7 heteroatoms. The van der Waals surface area contributed by atoms with Gasteiger partial charge in [0.25, 0.3) is 5.91 Å². The lowest BCUT2D eigenvalue weighted by Crippen LogP contribution is -2.51. The molecule has 144 valence electrons. The molecule has 4 heterocycles. The Morgan fingerprint density at radius 2 is 2.07 bits per heavy atom. The molecule has 1 amide bonds. The van der Waals surface area contributed by atoms with E-state index in [1.165, 1.54) is 11.8 Å². The van der Waals surface area contributed by atoms with Gasteiger partial charge in [-0.25, -0.2) is 4.98 Å². The summed E-state index contributed by atoms with van der Waals surface area (Å²) in [6, 6.07) is 2.19. The second-order valence-electron chi connectivity index (χ2n) is 7.92. The van der Waals surface area contributed by atoms with Crippen LogP contribution in [0.3, 0.4) is 0 Å². The largest absolute Gasteiger partial charge is 0.355 e. The lowest BCUT2D eigenvalue weighted by atomic mass is 9.89. The van der Waals surface area contributed by atoms with E-state index in [9.17, 15) is 4.79 Å². The zero-order valence-electron chi connectivity index (χ0n) is 15.8. The van der Waals surface area contributed by atoms with E-state index in [-0.39, 0.29) is 18.2 Å². The molecule has 1 spiro atoms. The Labute approximate surface area is 164 Å². The van der Waals surface area contributed by atoms with Gasteiger partial charge >= 0.3 is 0 Å². The first kappa shape index (κ1) is 17.4. The van der Waals surface area contributed by atoms with Crippen LogP contribution in [0.1, 0.15) is 44.2 Å². The van der Waals surface area contributed by atoms with Crippen LogP contribution in [0.15, 0.2) is 36.2 Å². The Kier molecular flexibility index (Phi) is 4.17. The molecule has 0 bridgehead atoms. The Morgan fingerprint density at radius 3 is 2.82 bits per heavy atom. The molecule has 1 aromatic rings. The van der Waals surface area contributed by atoms with Crippen LogP contribution < -0.4 is 4.90 Å². The van der Waals surface area contributed by atoms with E-state index in [1.54, 1.807) is 6.20 Å². The van der Waals surface area contributed by atoms with Crippen LogP contribution in [0.4, 0.5) is 5.82 Å². The zero-order chi connectivity index (χ0) is 19.1. The number of amides is 1. The number of nitrogens with zero attached hydrogens (tertiary/aromatic N) is 5. The molecule has 28 heavy (non-hydrogen) atoms. The van der Waals surface area contributed by atoms with Gasteiger partial charge in [0.2, 0.25) is 0 Å². The van der Waals surface area contributed by atoms with Gasteiger partial charge in [-0.3, -0.25) is 9.78 Å². The van der Waals surface area contributed by atoms with Gasteiger partial charge in [-0.15, -0.1) is 0 Å². The van der Waals surface area contributed by atoms with Crippen LogP contribution in [-0.4, -0.2) is 51.7 Å². The maximum Gasteiger partial charge on any atom is 0.257 e. The minimum Gasteiger partial charge on any atom is -0.355 e. The molecule has 5 rings (SSSR count). The smallest absolute Gasteiger partial charge is 0.257 e. The van der Waals surface area contributed by atoms with Crippen LogP contribution in [-0.2, 0) is 9.53 Å². The van der Waals surface area contributed by atoms with Crippen molar-refractivity contribution in [1.82, 2.24) is 14.9 Å². The lowest BCUT2D eigenvalue weighted by molar-refractivity contribution is -0.140. The number of rotatable bonds is 2. The molecule has 4 aliphatic rings. The zero-order valence-corrected chi connectivity index (χ0v) is 15.8. The summed E-state index contributed by atoms with van der Waals surface area (Å²) in [4.78, 5) is 25.9. The van der Waals surface area contributed by atoms with Crippen LogP contribution in [0, 0.1) is 11.3 Å². The predicted octanol–water partition coefficient (Wildman–Crippen LogP) is 2.31. The minimum absolute atomic E-state index is 0.0954. The van der Waals surface area contributed by atoms with Crippen molar-refractivity contribution in [1.29, 1.82) is 5.26 Å². The quantitative estimate of drug-likeness (QED) is 0.787. The van der Waals surface area contributed by atoms with Crippen molar-refractivity contribution in [2.45, 2.75) is 56.4 Å². The molecule has 1 aromatic heterocycles. The monoisotopic (exact) mass is 377 g/mol. The number of hydrogen-bond acceptors (Lipinski definition) is 6. The number of ether oxygens (including phenoxy) is 1. The van der Waals surface area contributed by atoms with E-state index in [1.807, 2.05) is 11.0 Å². The van der Waals surface area contributed by atoms with E-state index >= 15 is 0 Å². The third-order valence-electron chi connectivity index (χ3n) is 6.36. The van der Waals surface area contributed by atoms with Gasteiger partial charge in [0.1, 0.15) is 18.1 Å². The molecule has 0 unspecified atom stereocenters. The van der Waals surface area contributed by atoms with Crippen molar-refractivity contribution in [2.75, 3.05) is 18.0 Å². The van der Waals surface area contributed by atoms with Crippen LogP contribution >= 0.6 is 0 Å². The first-order valence-corrected chi connectivity index (χ1v) is 10.0. The van der Waals surface area contributed by atoms with Crippen LogP contribution in [0.25, 0.3) is 0 Å². The van der Waals surface area contributed by atoms with Gasteiger partial charge in [0.05, 0.1) is 18.4 Å². The molecule has 0 radical (unpaired) electrons. The van der Waals surface area contributed by atoms with Crippen molar-refractivity contribution in [2.24, 2.45) is 0 Å². The van der Waals surface area contributed by atoms with Crippen LogP contribution in [0.2, 0.25) is 0 Å². The Morgan fingerprint density at radius 1 is 1.21 bits per heavy atom. The summed E-state index contributed by atoms with van der Waals surface area (Å²) >= 11 is 0. The highest BCUT2D eigenvalue weighted by Crippen LogP contribution is 2.45. The molecule has 1 aliphatic carbocycles. The third-order valence-corrected chi connectivity index (χ3v) is 6.36. The van der Waals surface area contributed by atoms with Crippen molar-refractivity contribution in [3.63, 3.8) is 0 Å². The van der Waals surface area contributed by atoms with Crippen LogP contribution in [0.5, 0.6) is 0 Å². The van der Waals surface area contributed by atoms with E-state index in [0.29, 0.717) is 37.4 Å². The van der Waals surface area contributed by atoms with Crippen molar-refractivity contribution < 1.29 is 9.53 Å². The van der Waals surface area contributed by atoms with Crippen molar-refractivity contribution >= 4 is 11.7 Å². The van der Waals surface area contributed by atoms with Gasteiger partial charge in [-0.2, -0.15) is 5.26 Å². The number of carbonyl (C=O) groups excluding carboxylic acids is 1. The minimum atomic E-state index is -0.709. The fraction of sp³-hybridized carbons (Fsp3) is 0.524. The van der Waals surface area contributed by atoms with E-state index in [2.05, 4.69) is 33.1 Å². The van der Waals surface area contributed by atoms with Gasteiger partial charge in [-0.1, -0.05) is 18.2 Å². The lowest BCUT2D eigenvalue weighted by Gasteiger charge is -2.38. The van der Waals surface area contributed by atoms with Gasteiger partial charge < -0.3 is 14.5 Å². The van der Waals surface area contributed by atoms with Gasteiger partial charge in [0.15, 0.2) is 11.3 Å². The Bertz CT molecular complexity index is 894. The molecule has 0 saturated carbocycles. The first-order chi connectivity index (χ1) is 13.7. The Balaban J connectivity index is 1.32. The number of hydrogen-bond donors (Lipinski definition) is 0. The van der Waals surface area contributed by atoms with E-state index in [0.717, 1.165) is 25.7 Å². The summed E-state index contributed by atoms with van der Waals surface area (Å²) in [6.07, 6.45) is 15.0. The van der Waals surface area contributed by atoms with Crippen molar-refractivity contribution in [3.05, 3.63) is 41.9 Å². The molecular weight excluding hydrogens is 354 g/mol. The molecule has 2 atom stereocenters. The maximum absolute atomic E-state index is 13.4. The summed E-state index contributed by atoms with van der Waals surface area (Å²) < 4.78 is 6.39. The number of carbonyl (C=O) groups is 1. The summed E-state index contributed by atoms with van der Waals surface area (Å²) in [5, 5.41) is 9.04. The van der Waals surface area contributed by atoms with Gasteiger partial charge in [-0.05, 0) is 31.3 Å². The average Bonchev–Trinajstić information content (AvgIpc) is 3.27. The molecule has 0 aromatic carbocycles. The normalized spacial score (nSPS) is 28.4. The second kappa shape index (κ2) is 6.71. The Hall–Kier alpha value is -2.72. The first-order valence-electron chi connectivity index (χ1n) is 10.0. The number of allylic oxidation sites excluding steroid dienone is 2. The SMILES string of the molecule is N#Cc1cncc(N2CCC3(CC2)O[C@@H]2CC[C@@H](C4=CCCC=C4)N2C3=O)n1. The number of nitriles is 1. The number of fused-ring (bicyclic) bond motifs is 1. The maximum atomic E-state index is 13.4. The van der Waals surface area contributed by atoms with Crippen molar-refractivity contribution in [3.8, 4) is 6.07 Å². The highest BCUT2D eigenvalue weighted by Gasteiger charge is 2.58. The van der Waals surface area contributed by atoms with Gasteiger partial charge in [0, 0.05) is 25.9 Å².